The van der Waals surface area contributed by atoms with Gasteiger partial charge in [-0.2, -0.15) is 0 Å². The van der Waals surface area contributed by atoms with Crippen molar-refractivity contribution in [2.45, 2.75) is 25.7 Å². The van der Waals surface area contributed by atoms with Gasteiger partial charge in [-0.25, -0.2) is 0 Å². The maximum absolute atomic E-state index is 13.1. The maximum Gasteiger partial charge on any atom is 0.257 e. The number of furan rings is 1. The zero-order chi connectivity index (χ0) is 21.8. The van der Waals surface area contributed by atoms with Crippen LogP contribution in [0.15, 0.2) is 71.5 Å². The van der Waals surface area contributed by atoms with Crippen molar-refractivity contribution in [2.24, 2.45) is 5.92 Å². The molecule has 0 radical (unpaired) electrons. The second kappa shape index (κ2) is 9.40. The van der Waals surface area contributed by atoms with Gasteiger partial charge in [-0.15, -0.1) is 0 Å². The van der Waals surface area contributed by atoms with Crippen LogP contribution >= 0.6 is 11.6 Å². The van der Waals surface area contributed by atoms with Crippen LogP contribution in [0.2, 0.25) is 5.02 Å². The number of benzene rings is 2. The van der Waals surface area contributed by atoms with Gasteiger partial charge in [0.05, 0.1) is 17.7 Å². The van der Waals surface area contributed by atoms with Gasteiger partial charge in [0, 0.05) is 29.7 Å². The molecular weight excluding hydrogens is 412 g/mol. The fourth-order valence-corrected chi connectivity index (χ4v) is 4.29. The fourth-order valence-electron chi connectivity index (χ4n) is 4.10. The summed E-state index contributed by atoms with van der Waals surface area (Å²) in [5, 5.41) is 3.52. The number of hydrogen-bond acceptors (Lipinski definition) is 3. The average Bonchev–Trinajstić information content (AvgIpc) is 3.33. The molecule has 3 aromatic rings. The Morgan fingerprint density at radius 1 is 1.13 bits per heavy atom. The molecule has 5 nitrogen and oxygen atoms in total. The number of carbonyl (C=O) groups is 2. The molecule has 1 aromatic heterocycles. The van der Waals surface area contributed by atoms with Gasteiger partial charge >= 0.3 is 0 Å². The largest absolute Gasteiger partial charge is 0.472 e. The molecule has 0 bridgehead atoms. The summed E-state index contributed by atoms with van der Waals surface area (Å²) in [6.07, 6.45) is 4.58. The van der Waals surface area contributed by atoms with Crippen LogP contribution in [0.25, 0.3) is 0 Å². The number of anilines is 1. The van der Waals surface area contributed by atoms with E-state index in [2.05, 4.69) is 36.5 Å². The van der Waals surface area contributed by atoms with Crippen LogP contribution < -0.4 is 5.32 Å². The molecule has 2 amide bonds. The van der Waals surface area contributed by atoms with E-state index in [1.165, 1.54) is 18.1 Å². The van der Waals surface area contributed by atoms with E-state index in [-0.39, 0.29) is 23.7 Å². The molecule has 2 aromatic carbocycles. The highest BCUT2D eigenvalue weighted by Gasteiger charge is 2.35. The van der Waals surface area contributed by atoms with Crippen molar-refractivity contribution < 1.29 is 14.0 Å². The van der Waals surface area contributed by atoms with Gasteiger partial charge in [-0.3, -0.25) is 9.59 Å². The van der Waals surface area contributed by atoms with Gasteiger partial charge in [0.2, 0.25) is 5.91 Å². The molecule has 4 rings (SSSR count). The normalized spacial score (nSPS) is 18.6. The standard InChI is InChI=1S/C25H25ClN2O3/c1-2-17-6-8-18(9-7-17)20-12-21(24(29)27-23-5-3-4-22(26)13-23)15-28(14-20)25(30)19-10-11-31-16-19/h3-11,13,16,20-21H,2,12,14-15H2,1H3,(H,27,29)/t20-,21+/m1/s1. The monoisotopic (exact) mass is 436 g/mol. The molecule has 1 aliphatic heterocycles. The first-order chi connectivity index (χ1) is 15.0. The lowest BCUT2D eigenvalue weighted by molar-refractivity contribution is -0.121. The van der Waals surface area contributed by atoms with Crippen molar-refractivity contribution in [1.29, 1.82) is 0 Å². The minimum absolute atomic E-state index is 0.0746. The first-order valence-electron chi connectivity index (χ1n) is 10.5. The summed E-state index contributed by atoms with van der Waals surface area (Å²) in [4.78, 5) is 27.9. The Morgan fingerprint density at radius 2 is 1.94 bits per heavy atom. The molecule has 0 saturated carbocycles. The number of hydrogen-bond donors (Lipinski definition) is 1. The van der Waals surface area contributed by atoms with E-state index in [4.69, 9.17) is 16.0 Å². The highest BCUT2D eigenvalue weighted by atomic mass is 35.5. The molecule has 0 spiro atoms. The molecule has 1 aliphatic rings. The maximum atomic E-state index is 13.1. The van der Waals surface area contributed by atoms with Crippen LogP contribution in [0.1, 0.15) is 40.7 Å². The van der Waals surface area contributed by atoms with Crippen molar-refractivity contribution in [1.82, 2.24) is 4.90 Å². The quantitative estimate of drug-likeness (QED) is 0.584. The number of nitrogens with zero attached hydrogens (tertiary/aromatic N) is 1. The third-order valence-electron chi connectivity index (χ3n) is 5.83. The van der Waals surface area contributed by atoms with E-state index >= 15 is 0 Å². The van der Waals surface area contributed by atoms with Crippen LogP contribution in [-0.2, 0) is 11.2 Å². The molecule has 1 saturated heterocycles. The summed E-state index contributed by atoms with van der Waals surface area (Å²) in [5.74, 6) is -0.489. The van der Waals surface area contributed by atoms with Crippen LogP contribution in [0, 0.1) is 5.92 Å². The van der Waals surface area contributed by atoms with Gasteiger partial charge < -0.3 is 14.6 Å². The molecule has 0 unspecified atom stereocenters. The zero-order valence-electron chi connectivity index (χ0n) is 17.4. The zero-order valence-corrected chi connectivity index (χ0v) is 18.1. The molecule has 1 N–H and O–H groups in total. The molecule has 2 heterocycles. The number of likely N-dealkylation sites (tertiary alicyclic amines) is 1. The highest BCUT2D eigenvalue weighted by molar-refractivity contribution is 6.30. The highest BCUT2D eigenvalue weighted by Crippen LogP contribution is 2.32. The second-order valence-corrected chi connectivity index (χ2v) is 8.38. The predicted octanol–water partition coefficient (Wildman–Crippen LogP) is 5.38. The van der Waals surface area contributed by atoms with Gasteiger partial charge in [0.25, 0.3) is 5.91 Å². The Kier molecular flexibility index (Phi) is 6.42. The third kappa shape index (κ3) is 5.00. The summed E-state index contributed by atoms with van der Waals surface area (Å²) in [6, 6.07) is 17.2. The van der Waals surface area contributed by atoms with E-state index in [0.717, 1.165) is 12.0 Å². The van der Waals surface area contributed by atoms with Gasteiger partial charge in [-0.1, -0.05) is 48.9 Å². The number of aryl methyl sites for hydroxylation is 1. The van der Waals surface area contributed by atoms with Crippen LogP contribution in [-0.4, -0.2) is 29.8 Å². The van der Waals surface area contributed by atoms with E-state index in [9.17, 15) is 9.59 Å². The SMILES string of the molecule is CCc1ccc([C@@H]2C[C@H](C(=O)Nc3cccc(Cl)c3)CN(C(=O)c3ccoc3)C2)cc1. The molecule has 160 valence electrons. The lowest BCUT2D eigenvalue weighted by atomic mass is 9.83. The summed E-state index contributed by atoms with van der Waals surface area (Å²) in [5.41, 5.74) is 3.55. The smallest absolute Gasteiger partial charge is 0.257 e. The van der Waals surface area contributed by atoms with E-state index in [1.807, 2.05) is 6.07 Å². The summed E-state index contributed by atoms with van der Waals surface area (Å²) in [6.45, 7) is 3.05. The average molecular weight is 437 g/mol. The summed E-state index contributed by atoms with van der Waals surface area (Å²) in [7, 11) is 0. The van der Waals surface area contributed by atoms with Crippen LogP contribution in [0.5, 0.6) is 0 Å². The third-order valence-corrected chi connectivity index (χ3v) is 6.06. The number of nitrogens with one attached hydrogen (secondary N) is 1. The Balaban J connectivity index is 1.57. The first kappa shape index (κ1) is 21.2. The van der Waals surface area contributed by atoms with E-state index in [0.29, 0.717) is 35.8 Å². The minimum Gasteiger partial charge on any atom is -0.472 e. The van der Waals surface area contributed by atoms with Crippen molar-refractivity contribution >= 4 is 29.1 Å². The number of rotatable bonds is 5. The number of halogens is 1. The summed E-state index contributed by atoms with van der Waals surface area (Å²) < 4.78 is 5.09. The van der Waals surface area contributed by atoms with Crippen LogP contribution in [0.4, 0.5) is 5.69 Å². The van der Waals surface area contributed by atoms with E-state index in [1.54, 1.807) is 29.2 Å². The number of carbonyl (C=O) groups excluding carboxylic acids is 2. The molecule has 1 fully saturated rings. The molecule has 6 heteroatoms. The minimum atomic E-state index is -0.334. The van der Waals surface area contributed by atoms with Crippen molar-refractivity contribution in [3.8, 4) is 0 Å². The Hall–Kier alpha value is -3.05. The number of piperidine rings is 1. The van der Waals surface area contributed by atoms with Gasteiger partial charge in [0.15, 0.2) is 0 Å². The van der Waals surface area contributed by atoms with Gasteiger partial charge in [0.1, 0.15) is 6.26 Å². The van der Waals surface area contributed by atoms with Gasteiger partial charge in [-0.05, 0) is 48.2 Å². The first-order valence-corrected chi connectivity index (χ1v) is 10.9. The molecule has 0 aliphatic carbocycles. The van der Waals surface area contributed by atoms with Crippen molar-refractivity contribution in [3.63, 3.8) is 0 Å². The molecule has 2 atom stereocenters. The Labute approximate surface area is 187 Å². The predicted molar refractivity (Wildman–Crippen MR) is 121 cm³/mol. The number of amides is 2. The second-order valence-electron chi connectivity index (χ2n) is 7.95. The van der Waals surface area contributed by atoms with Crippen LogP contribution in [0.3, 0.4) is 0 Å². The van der Waals surface area contributed by atoms with E-state index < -0.39 is 0 Å². The topological polar surface area (TPSA) is 62.6 Å². The fraction of sp³-hybridized carbons (Fsp3) is 0.280. The summed E-state index contributed by atoms with van der Waals surface area (Å²) >= 11 is 6.05. The molecular formula is C25H25ClN2O3. The Bertz CT molecular complexity index is 1050. The van der Waals surface area contributed by atoms with Crippen molar-refractivity contribution in [2.75, 3.05) is 18.4 Å². The molecule has 31 heavy (non-hydrogen) atoms. The lowest BCUT2D eigenvalue weighted by Gasteiger charge is -2.37. The van der Waals surface area contributed by atoms with Crippen molar-refractivity contribution in [3.05, 3.63) is 88.8 Å². The lowest BCUT2D eigenvalue weighted by Crippen LogP contribution is -2.46. The Morgan fingerprint density at radius 3 is 2.61 bits per heavy atom.